The average molecular weight is 325 g/mol. The quantitative estimate of drug-likeness (QED) is 0.637. The molecule has 0 saturated carbocycles. The molecule has 1 N–H and O–H groups in total. The summed E-state index contributed by atoms with van der Waals surface area (Å²) in [6.07, 6.45) is 4.44. The minimum Gasteiger partial charge on any atom is -0.478 e. The molecule has 0 aromatic carbocycles. The Balaban J connectivity index is 0. The lowest BCUT2D eigenvalue weighted by Crippen LogP contribution is -2.22. The third-order valence-electron chi connectivity index (χ3n) is 2.27. The number of hydrogen-bond donors (Lipinski definition) is 1. The molecule has 1 aliphatic rings. The molecule has 6 heteroatoms. The molecule has 0 radical (unpaired) electrons. The van der Waals surface area contributed by atoms with E-state index >= 15 is 0 Å². The van der Waals surface area contributed by atoms with Crippen LogP contribution in [-0.4, -0.2) is 40.0 Å². The van der Waals surface area contributed by atoms with E-state index in [4.69, 9.17) is 9.84 Å². The third-order valence-corrected chi connectivity index (χ3v) is 2.27. The second-order valence-corrected chi connectivity index (χ2v) is 5.70. The number of hydrogen-bond acceptors (Lipinski definition) is 4. The number of carboxylic acids is 1. The van der Waals surface area contributed by atoms with Gasteiger partial charge in [-0.15, -0.1) is 0 Å². The van der Waals surface area contributed by atoms with Gasteiger partial charge in [-0.2, -0.15) is 0 Å². The van der Waals surface area contributed by atoms with Crippen molar-refractivity contribution in [2.45, 2.75) is 46.1 Å². The number of likely N-dealkylation sites (tertiary alicyclic amines) is 1. The SMILES string of the molecule is C=C(C)C(=O)O.C=CC(=O)OC(C)(C)C.C=CN1CCCC1=O. The normalized spacial score (nSPS) is 12.9. The van der Waals surface area contributed by atoms with Gasteiger partial charge in [-0.05, 0) is 40.3 Å². The summed E-state index contributed by atoms with van der Waals surface area (Å²) in [7, 11) is 0. The molecule has 1 heterocycles. The Bertz CT molecular complexity index is 448. The van der Waals surface area contributed by atoms with Crippen LogP contribution in [0.1, 0.15) is 40.5 Å². The number of carboxylic acid groups (broad SMARTS) is 1. The van der Waals surface area contributed by atoms with Crippen molar-refractivity contribution in [3.05, 3.63) is 37.6 Å². The van der Waals surface area contributed by atoms with Crippen molar-refractivity contribution in [3.63, 3.8) is 0 Å². The topological polar surface area (TPSA) is 83.9 Å². The predicted octanol–water partition coefficient (Wildman–Crippen LogP) is 2.91. The summed E-state index contributed by atoms with van der Waals surface area (Å²) in [6.45, 7) is 17.7. The molecule has 130 valence electrons. The number of aliphatic carboxylic acids is 1. The number of esters is 1. The van der Waals surface area contributed by atoms with Crippen LogP contribution in [0.3, 0.4) is 0 Å². The molecule has 1 fully saturated rings. The van der Waals surface area contributed by atoms with Gasteiger partial charge in [0.15, 0.2) is 0 Å². The zero-order valence-electron chi connectivity index (χ0n) is 14.4. The molecule has 0 aromatic rings. The highest BCUT2D eigenvalue weighted by molar-refractivity contribution is 5.84. The van der Waals surface area contributed by atoms with Crippen LogP contribution in [0.2, 0.25) is 0 Å². The summed E-state index contributed by atoms with van der Waals surface area (Å²) >= 11 is 0. The molecule has 0 aliphatic carbocycles. The van der Waals surface area contributed by atoms with Crippen LogP contribution in [0.15, 0.2) is 37.6 Å². The highest BCUT2D eigenvalue weighted by Gasteiger charge is 2.16. The van der Waals surface area contributed by atoms with E-state index in [-0.39, 0.29) is 17.4 Å². The van der Waals surface area contributed by atoms with E-state index < -0.39 is 11.6 Å². The van der Waals surface area contributed by atoms with Gasteiger partial charge in [0, 0.05) is 24.6 Å². The Kier molecular flexibility index (Phi) is 11.2. The Morgan fingerprint density at radius 3 is 1.91 bits per heavy atom. The first-order chi connectivity index (χ1) is 10.4. The summed E-state index contributed by atoms with van der Waals surface area (Å²) in [5, 5.41) is 7.89. The monoisotopic (exact) mass is 325 g/mol. The maximum absolute atomic E-state index is 10.7. The molecule has 1 saturated heterocycles. The maximum Gasteiger partial charge on any atom is 0.330 e. The maximum atomic E-state index is 10.7. The Hall–Kier alpha value is -2.37. The van der Waals surface area contributed by atoms with Gasteiger partial charge in [0.05, 0.1) is 0 Å². The molecule has 0 unspecified atom stereocenters. The fraction of sp³-hybridized carbons (Fsp3) is 0.471. The van der Waals surface area contributed by atoms with Gasteiger partial charge >= 0.3 is 11.9 Å². The van der Waals surface area contributed by atoms with Crippen molar-refractivity contribution in [2.75, 3.05) is 6.54 Å². The van der Waals surface area contributed by atoms with Crippen molar-refractivity contribution in [2.24, 2.45) is 0 Å². The van der Waals surface area contributed by atoms with Crippen molar-refractivity contribution in [1.82, 2.24) is 4.90 Å². The zero-order valence-corrected chi connectivity index (χ0v) is 14.4. The number of carbonyl (C=O) groups excluding carboxylic acids is 2. The van der Waals surface area contributed by atoms with Gasteiger partial charge in [-0.3, -0.25) is 4.79 Å². The Labute approximate surface area is 138 Å². The van der Waals surface area contributed by atoms with Crippen LogP contribution in [0.5, 0.6) is 0 Å². The van der Waals surface area contributed by atoms with Crippen molar-refractivity contribution in [3.8, 4) is 0 Å². The van der Waals surface area contributed by atoms with Gasteiger partial charge in [0.25, 0.3) is 0 Å². The first-order valence-corrected chi connectivity index (χ1v) is 7.10. The second kappa shape index (κ2) is 11.2. The van der Waals surface area contributed by atoms with Crippen LogP contribution in [0, 0.1) is 0 Å². The van der Waals surface area contributed by atoms with E-state index in [0.717, 1.165) is 19.0 Å². The molecule has 0 atom stereocenters. The Morgan fingerprint density at radius 1 is 1.30 bits per heavy atom. The minimum absolute atomic E-state index is 0.176. The third kappa shape index (κ3) is 14.3. The van der Waals surface area contributed by atoms with E-state index in [9.17, 15) is 14.4 Å². The number of carbonyl (C=O) groups is 3. The highest BCUT2D eigenvalue weighted by atomic mass is 16.6. The molecule has 0 spiro atoms. The minimum atomic E-state index is -0.935. The zero-order chi connectivity index (χ0) is 18.6. The van der Waals surface area contributed by atoms with Crippen molar-refractivity contribution in [1.29, 1.82) is 0 Å². The lowest BCUT2D eigenvalue weighted by molar-refractivity contribution is -0.148. The summed E-state index contributed by atoms with van der Waals surface area (Å²) in [5.74, 6) is -1.10. The lowest BCUT2D eigenvalue weighted by Gasteiger charge is -2.17. The van der Waals surface area contributed by atoms with Crippen molar-refractivity contribution >= 4 is 17.8 Å². The summed E-state index contributed by atoms with van der Waals surface area (Å²) in [6, 6.07) is 0. The van der Waals surface area contributed by atoms with Crippen LogP contribution in [-0.2, 0) is 19.1 Å². The predicted molar refractivity (Wildman–Crippen MR) is 89.6 cm³/mol. The smallest absolute Gasteiger partial charge is 0.330 e. The molecule has 1 aliphatic heterocycles. The van der Waals surface area contributed by atoms with Crippen LogP contribution in [0.4, 0.5) is 0 Å². The standard InChI is InChI=1S/C7H12O2.C6H9NO.C4H6O2/c1-5-6(8)9-7(2,3)4;1-2-7-5-3-4-6(7)8;1-3(2)4(5)6/h5H,1H2,2-4H3;2H,1,3-5H2;1H2,2H3,(H,5,6). The lowest BCUT2D eigenvalue weighted by atomic mass is 10.2. The molecule has 1 rings (SSSR count). The van der Waals surface area contributed by atoms with Gasteiger partial charge in [-0.25, -0.2) is 9.59 Å². The first kappa shape index (κ1) is 22.9. The molecule has 0 bridgehead atoms. The molecule has 23 heavy (non-hydrogen) atoms. The van der Waals surface area contributed by atoms with Crippen LogP contribution >= 0.6 is 0 Å². The van der Waals surface area contributed by atoms with Gasteiger partial charge < -0.3 is 14.7 Å². The average Bonchev–Trinajstić information content (AvgIpc) is 2.83. The summed E-state index contributed by atoms with van der Waals surface area (Å²) < 4.78 is 4.83. The number of nitrogens with zero attached hydrogens (tertiary/aromatic N) is 1. The van der Waals surface area contributed by atoms with Crippen molar-refractivity contribution < 1.29 is 24.2 Å². The van der Waals surface area contributed by atoms with E-state index in [1.165, 1.54) is 6.92 Å². The largest absolute Gasteiger partial charge is 0.478 e. The second-order valence-electron chi connectivity index (χ2n) is 5.70. The van der Waals surface area contributed by atoms with Gasteiger partial charge in [0.1, 0.15) is 5.60 Å². The van der Waals surface area contributed by atoms with E-state index in [1.54, 1.807) is 11.1 Å². The van der Waals surface area contributed by atoms with Gasteiger partial charge in [0.2, 0.25) is 5.91 Å². The molecular formula is C17H27NO5. The molecular weight excluding hydrogens is 298 g/mol. The summed E-state index contributed by atoms with van der Waals surface area (Å²) in [5.41, 5.74) is -0.222. The molecule has 1 amide bonds. The number of rotatable bonds is 3. The van der Waals surface area contributed by atoms with Crippen LogP contribution < -0.4 is 0 Å². The molecule has 0 aromatic heterocycles. The Morgan fingerprint density at radius 2 is 1.78 bits per heavy atom. The number of amides is 1. The van der Waals surface area contributed by atoms with Crippen LogP contribution in [0.25, 0.3) is 0 Å². The van der Waals surface area contributed by atoms with E-state index in [1.807, 2.05) is 20.8 Å². The fourth-order valence-corrected chi connectivity index (χ4v) is 1.21. The van der Waals surface area contributed by atoms with E-state index in [2.05, 4.69) is 19.7 Å². The first-order valence-electron chi connectivity index (χ1n) is 7.10. The highest BCUT2D eigenvalue weighted by Crippen LogP contribution is 2.08. The van der Waals surface area contributed by atoms with E-state index in [0.29, 0.717) is 6.42 Å². The number of ether oxygens (including phenoxy) is 1. The fourth-order valence-electron chi connectivity index (χ4n) is 1.21. The van der Waals surface area contributed by atoms with Gasteiger partial charge in [-0.1, -0.05) is 19.7 Å². The molecule has 6 nitrogen and oxygen atoms in total. The summed E-state index contributed by atoms with van der Waals surface area (Å²) in [4.78, 5) is 32.4.